The molecule has 8 nitrogen and oxygen atoms in total. The maximum absolute atomic E-state index is 12.5. The van der Waals surface area contributed by atoms with Crippen LogP contribution in [-0.4, -0.2) is 41.4 Å². The highest BCUT2D eigenvalue weighted by Gasteiger charge is 2.30. The predicted molar refractivity (Wildman–Crippen MR) is 102 cm³/mol. The molecule has 0 aromatic rings. The molecule has 0 bridgehead atoms. The standard InChI is InChI=1S/C19H33N3O5/c1-5-7-8-10-14(21-18(26)12(3)9-6-2)17(25)19(27)22-15(13(4)23)11-16(20)24/h12,14-15H,5-11H2,1-4H3,(H2,20,24)(H,21,26)(H,22,27)/t12-,14-,15-/m0/s1. The molecule has 0 aliphatic rings. The third kappa shape index (κ3) is 9.86. The minimum atomic E-state index is -1.15. The highest BCUT2D eigenvalue weighted by molar-refractivity contribution is 6.38. The van der Waals surface area contributed by atoms with Gasteiger partial charge in [0.05, 0.1) is 18.5 Å². The summed E-state index contributed by atoms with van der Waals surface area (Å²) in [6.07, 6.45) is 3.94. The summed E-state index contributed by atoms with van der Waals surface area (Å²) in [7, 11) is 0. The SMILES string of the molecule is CCCCC[C@H](NC(=O)[C@@H](C)CCC)C(=O)C(=O)N[C@@H](CC(N)=O)C(C)=O. The fourth-order valence-electron chi connectivity index (χ4n) is 2.63. The molecule has 27 heavy (non-hydrogen) atoms. The lowest BCUT2D eigenvalue weighted by Crippen LogP contribution is -2.52. The number of Topliss-reactive ketones (excluding diaryl/α,β-unsaturated/α-hetero) is 2. The summed E-state index contributed by atoms with van der Waals surface area (Å²) in [5, 5.41) is 4.91. The number of nitrogens with two attached hydrogens (primary N) is 1. The Labute approximate surface area is 161 Å². The van der Waals surface area contributed by atoms with Gasteiger partial charge in [0, 0.05) is 5.92 Å². The van der Waals surface area contributed by atoms with Crippen LogP contribution in [0.15, 0.2) is 0 Å². The summed E-state index contributed by atoms with van der Waals surface area (Å²) in [5.74, 6) is -3.60. The summed E-state index contributed by atoms with van der Waals surface area (Å²) in [4.78, 5) is 59.7. The normalized spacial score (nSPS) is 13.9. The molecule has 0 unspecified atom stereocenters. The first-order valence-electron chi connectivity index (χ1n) is 9.57. The first kappa shape index (κ1) is 24.8. The molecule has 0 aromatic carbocycles. The molecule has 8 heteroatoms. The number of hydrogen-bond acceptors (Lipinski definition) is 5. The number of amides is 3. The minimum Gasteiger partial charge on any atom is -0.370 e. The van der Waals surface area contributed by atoms with E-state index in [1.807, 2.05) is 13.8 Å². The van der Waals surface area contributed by atoms with E-state index >= 15 is 0 Å². The Hall–Kier alpha value is -2.25. The maximum atomic E-state index is 12.5. The van der Waals surface area contributed by atoms with Crippen LogP contribution in [0.5, 0.6) is 0 Å². The first-order valence-corrected chi connectivity index (χ1v) is 9.57. The van der Waals surface area contributed by atoms with Crippen LogP contribution in [0.3, 0.4) is 0 Å². The van der Waals surface area contributed by atoms with Gasteiger partial charge in [-0.1, -0.05) is 46.5 Å². The quantitative estimate of drug-likeness (QED) is 0.304. The van der Waals surface area contributed by atoms with E-state index in [4.69, 9.17) is 5.73 Å². The number of unbranched alkanes of at least 4 members (excludes halogenated alkanes) is 2. The fraction of sp³-hybridized carbons (Fsp3) is 0.737. The van der Waals surface area contributed by atoms with Gasteiger partial charge >= 0.3 is 0 Å². The fourth-order valence-corrected chi connectivity index (χ4v) is 2.63. The minimum absolute atomic E-state index is 0.264. The van der Waals surface area contributed by atoms with Gasteiger partial charge in [-0.05, 0) is 19.8 Å². The van der Waals surface area contributed by atoms with Crippen LogP contribution in [0, 0.1) is 5.92 Å². The third-order valence-electron chi connectivity index (χ3n) is 4.32. The van der Waals surface area contributed by atoms with Crippen molar-refractivity contribution in [2.45, 2.75) is 84.7 Å². The molecule has 3 amide bonds. The number of rotatable bonds is 14. The van der Waals surface area contributed by atoms with Crippen LogP contribution >= 0.6 is 0 Å². The second-order valence-corrected chi connectivity index (χ2v) is 6.92. The van der Waals surface area contributed by atoms with Gasteiger partial charge in [-0.15, -0.1) is 0 Å². The molecular weight excluding hydrogens is 350 g/mol. The van der Waals surface area contributed by atoms with Gasteiger partial charge in [0.15, 0.2) is 5.78 Å². The third-order valence-corrected chi connectivity index (χ3v) is 4.32. The number of ketones is 2. The summed E-state index contributed by atoms with van der Waals surface area (Å²) in [6, 6.07) is -2.10. The molecule has 3 atom stereocenters. The van der Waals surface area contributed by atoms with Crippen molar-refractivity contribution in [3.05, 3.63) is 0 Å². The Balaban J connectivity index is 5.12. The molecule has 0 saturated heterocycles. The molecule has 0 rings (SSSR count). The van der Waals surface area contributed by atoms with Gasteiger partial charge in [0.1, 0.15) is 0 Å². The van der Waals surface area contributed by atoms with E-state index in [2.05, 4.69) is 10.6 Å². The van der Waals surface area contributed by atoms with Crippen molar-refractivity contribution in [1.29, 1.82) is 0 Å². The van der Waals surface area contributed by atoms with E-state index in [1.165, 1.54) is 6.92 Å². The molecule has 154 valence electrons. The molecule has 0 heterocycles. The van der Waals surface area contributed by atoms with Crippen molar-refractivity contribution in [3.63, 3.8) is 0 Å². The Morgan fingerprint density at radius 2 is 1.52 bits per heavy atom. The molecule has 0 radical (unpaired) electrons. The number of hydrogen-bond donors (Lipinski definition) is 3. The van der Waals surface area contributed by atoms with Gasteiger partial charge in [-0.3, -0.25) is 24.0 Å². The van der Waals surface area contributed by atoms with Crippen LogP contribution in [0.2, 0.25) is 0 Å². The zero-order chi connectivity index (χ0) is 21.0. The second kappa shape index (κ2) is 13.0. The van der Waals surface area contributed by atoms with Crippen LogP contribution in [0.1, 0.15) is 72.6 Å². The van der Waals surface area contributed by atoms with Crippen LogP contribution in [0.4, 0.5) is 0 Å². The van der Waals surface area contributed by atoms with Crippen molar-refractivity contribution in [3.8, 4) is 0 Å². The van der Waals surface area contributed by atoms with E-state index < -0.39 is 35.5 Å². The first-order chi connectivity index (χ1) is 12.6. The zero-order valence-corrected chi connectivity index (χ0v) is 16.8. The summed E-state index contributed by atoms with van der Waals surface area (Å²) >= 11 is 0. The van der Waals surface area contributed by atoms with Gasteiger partial charge in [0.25, 0.3) is 5.91 Å². The van der Waals surface area contributed by atoms with Crippen molar-refractivity contribution in [2.75, 3.05) is 0 Å². The Kier molecular flexibility index (Phi) is 11.9. The second-order valence-electron chi connectivity index (χ2n) is 6.92. The lowest BCUT2D eigenvalue weighted by atomic mass is 10.00. The Morgan fingerprint density at radius 1 is 0.889 bits per heavy atom. The zero-order valence-electron chi connectivity index (χ0n) is 16.8. The highest BCUT2D eigenvalue weighted by Crippen LogP contribution is 2.09. The topological polar surface area (TPSA) is 135 Å². The number of carbonyl (C=O) groups is 5. The summed E-state index contributed by atoms with van der Waals surface area (Å²) < 4.78 is 0. The maximum Gasteiger partial charge on any atom is 0.290 e. The van der Waals surface area contributed by atoms with Crippen molar-refractivity contribution in [2.24, 2.45) is 11.7 Å². The smallest absolute Gasteiger partial charge is 0.290 e. The van der Waals surface area contributed by atoms with E-state index in [0.717, 1.165) is 19.3 Å². The lowest BCUT2D eigenvalue weighted by molar-refractivity contribution is -0.142. The van der Waals surface area contributed by atoms with Crippen molar-refractivity contribution < 1.29 is 24.0 Å². The Bertz CT molecular complexity index is 547. The average molecular weight is 383 g/mol. The van der Waals surface area contributed by atoms with Crippen LogP contribution in [-0.2, 0) is 24.0 Å². The number of carbonyl (C=O) groups excluding carboxylic acids is 5. The molecule has 4 N–H and O–H groups in total. The van der Waals surface area contributed by atoms with Crippen LogP contribution in [0.25, 0.3) is 0 Å². The van der Waals surface area contributed by atoms with E-state index in [0.29, 0.717) is 19.3 Å². The monoisotopic (exact) mass is 383 g/mol. The molecular formula is C19H33N3O5. The largest absolute Gasteiger partial charge is 0.370 e. The lowest BCUT2D eigenvalue weighted by Gasteiger charge is -2.21. The Morgan fingerprint density at radius 3 is 2.00 bits per heavy atom. The molecule has 0 aromatic heterocycles. The van der Waals surface area contributed by atoms with E-state index in [1.54, 1.807) is 6.92 Å². The van der Waals surface area contributed by atoms with Gasteiger partial charge in [0.2, 0.25) is 17.6 Å². The van der Waals surface area contributed by atoms with Crippen molar-refractivity contribution >= 4 is 29.3 Å². The van der Waals surface area contributed by atoms with Gasteiger partial charge in [-0.2, -0.15) is 0 Å². The molecule has 0 saturated carbocycles. The van der Waals surface area contributed by atoms with Gasteiger partial charge in [-0.25, -0.2) is 0 Å². The number of primary amides is 1. The van der Waals surface area contributed by atoms with Crippen molar-refractivity contribution in [1.82, 2.24) is 10.6 Å². The predicted octanol–water partition coefficient (Wildman–Crippen LogP) is 1.01. The van der Waals surface area contributed by atoms with Gasteiger partial charge < -0.3 is 16.4 Å². The van der Waals surface area contributed by atoms with E-state index in [9.17, 15) is 24.0 Å². The average Bonchev–Trinajstić information content (AvgIpc) is 2.59. The van der Waals surface area contributed by atoms with E-state index in [-0.39, 0.29) is 18.2 Å². The molecule has 0 spiro atoms. The number of nitrogens with one attached hydrogen (secondary N) is 2. The molecule has 0 aliphatic carbocycles. The summed E-state index contributed by atoms with van der Waals surface area (Å²) in [5.41, 5.74) is 5.07. The molecule has 0 fully saturated rings. The highest BCUT2D eigenvalue weighted by atomic mass is 16.2. The summed E-state index contributed by atoms with van der Waals surface area (Å²) in [6.45, 7) is 6.94. The van der Waals surface area contributed by atoms with Crippen LogP contribution < -0.4 is 16.4 Å². The molecule has 0 aliphatic heterocycles.